The molecule has 2 aliphatic rings. The lowest BCUT2D eigenvalue weighted by Crippen LogP contribution is -2.48. The number of carbonyl (C=O) groups is 1. The molecular weight excluding hydrogens is 380 g/mol. The van der Waals surface area contributed by atoms with Crippen molar-refractivity contribution in [3.05, 3.63) is 34.3 Å². The summed E-state index contributed by atoms with van der Waals surface area (Å²) >= 11 is 3.45. The lowest BCUT2D eigenvalue weighted by atomic mass is 10.1. The number of hydrogen-bond acceptors (Lipinski definition) is 3. The van der Waals surface area contributed by atoms with Gasteiger partial charge >= 0.3 is 0 Å². The molecule has 1 heterocycles. The van der Waals surface area contributed by atoms with Crippen molar-refractivity contribution in [1.82, 2.24) is 9.21 Å². The molecule has 1 aliphatic heterocycles. The zero-order valence-electron chi connectivity index (χ0n) is 13.1. The molecule has 126 valence electrons. The highest BCUT2D eigenvalue weighted by Gasteiger charge is 2.42. The van der Waals surface area contributed by atoms with Crippen LogP contribution in [0.3, 0.4) is 0 Å². The van der Waals surface area contributed by atoms with Gasteiger partial charge in [0.05, 0.1) is 6.26 Å². The van der Waals surface area contributed by atoms with Crippen LogP contribution in [0, 0.1) is 0 Å². The Labute approximate surface area is 145 Å². The summed E-state index contributed by atoms with van der Waals surface area (Å²) in [7, 11) is -3.34. The molecule has 1 aromatic rings. The van der Waals surface area contributed by atoms with Crippen molar-refractivity contribution in [2.24, 2.45) is 0 Å². The number of benzene rings is 1. The second kappa shape index (κ2) is 6.53. The molecule has 0 spiro atoms. The minimum absolute atomic E-state index is 0.0459. The van der Waals surface area contributed by atoms with Crippen LogP contribution in [0.1, 0.15) is 31.2 Å². The van der Waals surface area contributed by atoms with Crippen LogP contribution in [-0.4, -0.2) is 48.4 Å². The number of amides is 1. The summed E-state index contributed by atoms with van der Waals surface area (Å²) in [5, 5.41) is 0. The van der Waals surface area contributed by atoms with E-state index in [0.29, 0.717) is 19.5 Å². The predicted octanol–water partition coefficient (Wildman–Crippen LogP) is 2.36. The Morgan fingerprint density at radius 3 is 2.70 bits per heavy atom. The number of nitrogens with zero attached hydrogens (tertiary/aromatic N) is 2. The van der Waals surface area contributed by atoms with Crippen molar-refractivity contribution in [2.75, 3.05) is 12.8 Å². The SMILES string of the molecule is CS(=O)(=O)N1CCCC1C(=O)N(Cc1cccc(Br)c1)C1CC1. The molecule has 1 atom stereocenters. The largest absolute Gasteiger partial charge is 0.334 e. The van der Waals surface area contributed by atoms with E-state index in [2.05, 4.69) is 15.9 Å². The highest BCUT2D eigenvalue weighted by Crippen LogP contribution is 2.32. The van der Waals surface area contributed by atoms with Gasteiger partial charge in [0, 0.05) is 23.6 Å². The van der Waals surface area contributed by atoms with Gasteiger partial charge in [-0.1, -0.05) is 28.1 Å². The molecule has 1 aliphatic carbocycles. The maximum absolute atomic E-state index is 13.0. The van der Waals surface area contributed by atoms with Gasteiger partial charge in [-0.15, -0.1) is 0 Å². The Morgan fingerprint density at radius 2 is 2.09 bits per heavy atom. The van der Waals surface area contributed by atoms with Crippen molar-refractivity contribution in [1.29, 1.82) is 0 Å². The van der Waals surface area contributed by atoms with Crippen LogP contribution >= 0.6 is 15.9 Å². The fraction of sp³-hybridized carbons (Fsp3) is 0.562. The standard InChI is InChI=1S/C16H21BrN2O3S/c1-23(21,22)19-9-3-6-15(19)16(20)18(14-7-8-14)11-12-4-2-5-13(17)10-12/h2,4-5,10,14-15H,3,6-9,11H2,1H3. The van der Waals surface area contributed by atoms with E-state index in [1.165, 1.54) is 10.6 Å². The normalized spacial score (nSPS) is 22.3. The lowest BCUT2D eigenvalue weighted by molar-refractivity contribution is -0.135. The summed E-state index contributed by atoms with van der Waals surface area (Å²) in [6.45, 7) is 0.988. The van der Waals surface area contributed by atoms with Gasteiger partial charge in [0.15, 0.2) is 0 Å². The number of hydrogen-bond donors (Lipinski definition) is 0. The highest BCUT2D eigenvalue weighted by atomic mass is 79.9. The maximum atomic E-state index is 13.0. The molecule has 0 aromatic heterocycles. The van der Waals surface area contributed by atoms with Crippen LogP contribution in [-0.2, 0) is 21.4 Å². The fourth-order valence-corrected chi connectivity index (χ4v) is 4.75. The van der Waals surface area contributed by atoms with Crippen LogP contribution in [0.25, 0.3) is 0 Å². The Bertz CT molecular complexity index is 703. The van der Waals surface area contributed by atoms with Gasteiger partial charge in [0.25, 0.3) is 0 Å². The molecule has 1 saturated heterocycles. The summed E-state index contributed by atoms with van der Waals surface area (Å²) in [5.74, 6) is -0.0459. The fourth-order valence-electron chi connectivity index (χ4n) is 3.18. The molecule has 23 heavy (non-hydrogen) atoms. The molecule has 3 rings (SSSR count). The zero-order valence-corrected chi connectivity index (χ0v) is 15.5. The summed E-state index contributed by atoms with van der Waals surface area (Å²) in [6, 6.07) is 7.63. The molecule has 0 bridgehead atoms. The van der Waals surface area contributed by atoms with Crippen LogP contribution in [0.4, 0.5) is 0 Å². The van der Waals surface area contributed by atoms with E-state index in [4.69, 9.17) is 0 Å². The Hall–Kier alpha value is -0.920. The van der Waals surface area contributed by atoms with Gasteiger partial charge in [-0.2, -0.15) is 4.31 Å². The van der Waals surface area contributed by atoms with Crippen molar-refractivity contribution in [2.45, 2.75) is 44.3 Å². The van der Waals surface area contributed by atoms with E-state index in [1.807, 2.05) is 29.2 Å². The third kappa shape index (κ3) is 3.95. The van der Waals surface area contributed by atoms with Crippen LogP contribution in [0.15, 0.2) is 28.7 Å². The molecular formula is C16H21BrN2O3S. The van der Waals surface area contributed by atoms with Crippen molar-refractivity contribution < 1.29 is 13.2 Å². The first-order valence-electron chi connectivity index (χ1n) is 7.88. The van der Waals surface area contributed by atoms with E-state index in [0.717, 1.165) is 29.3 Å². The van der Waals surface area contributed by atoms with Crippen LogP contribution in [0.2, 0.25) is 0 Å². The van der Waals surface area contributed by atoms with E-state index < -0.39 is 16.1 Å². The Morgan fingerprint density at radius 1 is 1.35 bits per heavy atom. The van der Waals surface area contributed by atoms with E-state index in [1.54, 1.807) is 0 Å². The molecule has 7 heteroatoms. The molecule has 0 N–H and O–H groups in total. The number of sulfonamides is 1. The third-order valence-corrected chi connectivity index (χ3v) is 6.21. The van der Waals surface area contributed by atoms with Gasteiger partial charge in [0.1, 0.15) is 6.04 Å². The number of carbonyl (C=O) groups excluding carboxylic acids is 1. The maximum Gasteiger partial charge on any atom is 0.241 e. The monoisotopic (exact) mass is 400 g/mol. The van der Waals surface area contributed by atoms with E-state index in [9.17, 15) is 13.2 Å². The van der Waals surface area contributed by atoms with Gasteiger partial charge < -0.3 is 4.90 Å². The van der Waals surface area contributed by atoms with Gasteiger partial charge in [-0.3, -0.25) is 4.79 Å². The minimum Gasteiger partial charge on any atom is -0.334 e. The molecule has 5 nitrogen and oxygen atoms in total. The summed E-state index contributed by atoms with van der Waals surface area (Å²) < 4.78 is 26.2. The van der Waals surface area contributed by atoms with Crippen molar-refractivity contribution in [3.63, 3.8) is 0 Å². The molecule has 0 radical (unpaired) electrons. The van der Waals surface area contributed by atoms with Crippen LogP contribution < -0.4 is 0 Å². The second-order valence-electron chi connectivity index (χ2n) is 6.36. The van der Waals surface area contributed by atoms with Gasteiger partial charge in [0.2, 0.25) is 15.9 Å². The molecule has 1 saturated carbocycles. The molecule has 1 amide bonds. The quantitative estimate of drug-likeness (QED) is 0.761. The molecule has 1 unspecified atom stereocenters. The molecule has 1 aromatic carbocycles. The van der Waals surface area contributed by atoms with Crippen molar-refractivity contribution in [3.8, 4) is 0 Å². The van der Waals surface area contributed by atoms with Crippen molar-refractivity contribution >= 4 is 31.9 Å². The second-order valence-corrected chi connectivity index (χ2v) is 9.21. The lowest BCUT2D eigenvalue weighted by Gasteiger charge is -2.29. The molecule has 2 fully saturated rings. The first kappa shape index (κ1) is 16.9. The summed E-state index contributed by atoms with van der Waals surface area (Å²) in [5.41, 5.74) is 1.06. The zero-order chi connectivity index (χ0) is 16.6. The van der Waals surface area contributed by atoms with Crippen LogP contribution in [0.5, 0.6) is 0 Å². The average molecular weight is 401 g/mol. The average Bonchev–Trinajstić information content (AvgIpc) is 3.18. The number of halogens is 1. The Kier molecular flexibility index (Phi) is 4.80. The van der Waals surface area contributed by atoms with E-state index >= 15 is 0 Å². The first-order valence-corrected chi connectivity index (χ1v) is 10.5. The first-order chi connectivity index (χ1) is 10.9. The predicted molar refractivity (Wildman–Crippen MR) is 92.3 cm³/mol. The minimum atomic E-state index is -3.34. The topological polar surface area (TPSA) is 57.7 Å². The third-order valence-electron chi connectivity index (χ3n) is 4.43. The Balaban J connectivity index is 1.79. The summed E-state index contributed by atoms with van der Waals surface area (Å²) in [6.07, 6.45) is 4.57. The van der Waals surface area contributed by atoms with E-state index in [-0.39, 0.29) is 11.9 Å². The van der Waals surface area contributed by atoms with Gasteiger partial charge in [-0.25, -0.2) is 8.42 Å². The number of rotatable bonds is 5. The smallest absolute Gasteiger partial charge is 0.241 e. The highest BCUT2D eigenvalue weighted by molar-refractivity contribution is 9.10. The van der Waals surface area contributed by atoms with Gasteiger partial charge in [-0.05, 0) is 43.4 Å². The summed E-state index contributed by atoms with van der Waals surface area (Å²) in [4.78, 5) is 14.9.